The van der Waals surface area contributed by atoms with Crippen molar-refractivity contribution >= 4 is 11.9 Å². The van der Waals surface area contributed by atoms with Gasteiger partial charge >= 0.3 is 12.6 Å². The van der Waals surface area contributed by atoms with Gasteiger partial charge in [0.15, 0.2) is 0 Å². The van der Waals surface area contributed by atoms with E-state index < -0.39 is 12.6 Å². The van der Waals surface area contributed by atoms with Gasteiger partial charge in [-0.3, -0.25) is 9.59 Å². The Morgan fingerprint density at radius 1 is 1.17 bits per heavy atom. The Hall–Kier alpha value is -2.18. The van der Waals surface area contributed by atoms with Gasteiger partial charge in [-0.1, -0.05) is 12.1 Å². The maximum atomic E-state index is 12.4. The molecule has 1 amide bonds. The van der Waals surface area contributed by atoms with Crippen molar-refractivity contribution in [1.82, 2.24) is 4.90 Å². The standard InChI is InChI=1S/C17H21F2NO4/c1-20(10-11-2-8-14(9-3-11)24-17(18)19)15(21)12-4-6-13(7-5-12)16(22)23/h2-3,8-9,12-13,17H,4-7,10H2,1H3,(H,22,23). The topological polar surface area (TPSA) is 66.8 Å². The summed E-state index contributed by atoms with van der Waals surface area (Å²) in [5.74, 6) is -1.21. The lowest BCUT2D eigenvalue weighted by atomic mass is 9.81. The van der Waals surface area contributed by atoms with Crippen LogP contribution in [-0.2, 0) is 16.1 Å². The van der Waals surface area contributed by atoms with E-state index >= 15 is 0 Å². The summed E-state index contributed by atoms with van der Waals surface area (Å²) in [4.78, 5) is 25.0. The van der Waals surface area contributed by atoms with Crippen LogP contribution in [-0.4, -0.2) is 35.5 Å². The zero-order valence-electron chi connectivity index (χ0n) is 13.5. The third-order valence-corrected chi connectivity index (χ3v) is 4.37. The number of rotatable bonds is 6. The number of carboxylic acid groups (broad SMARTS) is 1. The van der Waals surface area contributed by atoms with E-state index in [2.05, 4.69) is 4.74 Å². The number of nitrogens with zero attached hydrogens (tertiary/aromatic N) is 1. The smallest absolute Gasteiger partial charge is 0.387 e. The predicted molar refractivity (Wildman–Crippen MR) is 82.6 cm³/mol. The first-order chi connectivity index (χ1) is 11.4. The fourth-order valence-electron chi connectivity index (χ4n) is 3.03. The van der Waals surface area contributed by atoms with Crippen molar-refractivity contribution in [3.63, 3.8) is 0 Å². The number of benzene rings is 1. The molecule has 0 atom stereocenters. The Bertz CT molecular complexity index is 568. The summed E-state index contributed by atoms with van der Waals surface area (Å²) < 4.78 is 28.5. The molecule has 0 aliphatic heterocycles. The summed E-state index contributed by atoms with van der Waals surface area (Å²) in [6.45, 7) is -2.49. The second-order valence-corrected chi connectivity index (χ2v) is 6.10. The lowest BCUT2D eigenvalue weighted by Crippen LogP contribution is -2.35. The molecule has 0 bridgehead atoms. The third-order valence-electron chi connectivity index (χ3n) is 4.37. The minimum Gasteiger partial charge on any atom is -0.481 e. The van der Waals surface area contributed by atoms with Crippen molar-refractivity contribution in [2.45, 2.75) is 38.8 Å². The molecule has 0 unspecified atom stereocenters. The Kier molecular flexibility index (Phi) is 6.11. The fourth-order valence-corrected chi connectivity index (χ4v) is 3.03. The number of ether oxygens (including phenoxy) is 1. The Morgan fingerprint density at radius 2 is 1.71 bits per heavy atom. The van der Waals surface area contributed by atoms with E-state index in [0.717, 1.165) is 5.56 Å². The van der Waals surface area contributed by atoms with Crippen LogP contribution >= 0.6 is 0 Å². The van der Waals surface area contributed by atoms with Gasteiger partial charge in [0.05, 0.1) is 5.92 Å². The number of hydrogen-bond acceptors (Lipinski definition) is 3. The summed E-state index contributed by atoms with van der Waals surface area (Å²) in [7, 11) is 1.69. The van der Waals surface area contributed by atoms with Crippen LogP contribution in [0.4, 0.5) is 8.78 Å². The minimum absolute atomic E-state index is 0.00764. The average molecular weight is 341 g/mol. The second kappa shape index (κ2) is 8.08. The molecular formula is C17H21F2NO4. The average Bonchev–Trinajstić information content (AvgIpc) is 2.55. The highest BCUT2D eigenvalue weighted by molar-refractivity contribution is 5.79. The van der Waals surface area contributed by atoms with Crippen LogP contribution in [0.3, 0.4) is 0 Å². The maximum absolute atomic E-state index is 12.4. The first-order valence-corrected chi connectivity index (χ1v) is 7.88. The van der Waals surface area contributed by atoms with Crippen LogP contribution in [0.1, 0.15) is 31.2 Å². The maximum Gasteiger partial charge on any atom is 0.387 e. The molecule has 1 aromatic rings. The zero-order chi connectivity index (χ0) is 17.7. The van der Waals surface area contributed by atoms with Gasteiger partial charge in [0, 0.05) is 19.5 Å². The normalized spacial score (nSPS) is 20.7. The summed E-state index contributed by atoms with van der Waals surface area (Å²) in [5, 5.41) is 8.99. The van der Waals surface area contributed by atoms with E-state index in [0.29, 0.717) is 32.2 Å². The monoisotopic (exact) mass is 341 g/mol. The number of carbonyl (C=O) groups excluding carboxylic acids is 1. The minimum atomic E-state index is -2.86. The first-order valence-electron chi connectivity index (χ1n) is 7.88. The van der Waals surface area contributed by atoms with E-state index in [1.807, 2.05) is 0 Å². The lowest BCUT2D eigenvalue weighted by Gasteiger charge is -2.29. The second-order valence-electron chi connectivity index (χ2n) is 6.10. The van der Waals surface area contributed by atoms with Gasteiger partial charge in [-0.05, 0) is 43.4 Å². The molecule has 2 rings (SSSR count). The molecule has 1 fully saturated rings. The summed E-state index contributed by atoms with van der Waals surface area (Å²) >= 11 is 0. The van der Waals surface area contributed by atoms with Crippen molar-refractivity contribution in [2.75, 3.05) is 7.05 Å². The number of halogens is 2. The van der Waals surface area contributed by atoms with E-state index in [1.54, 1.807) is 24.1 Å². The number of carbonyl (C=O) groups is 2. The Balaban J connectivity index is 1.86. The summed E-state index contributed by atoms with van der Waals surface area (Å²) in [5.41, 5.74) is 0.812. The quantitative estimate of drug-likeness (QED) is 0.863. The van der Waals surface area contributed by atoms with Crippen molar-refractivity contribution in [3.05, 3.63) is 29.8 Å². The number of amides is 1. The van der Waals surface area contributed by atoms with E-state index in [1.165, 1.54) is 12.1 Å². The molecule has 7 heteroatoms. The molecule has 1 saturated carbocycles. The van der Waals surface area contributed by atoms with Crippen LogP contribution in [0.5, 0.6) is 5.75 Å². The molecular weight excluding hydrogens is 320 g/mol. The Labute approximate surface area is 139 Å². The molecule has 0 radical (unpaired) electrons. The molecule has 132 valence electrons. The van der Waals surface area contributed by atoms with Crippen LogP contribution in [0.25, 0.3) is 0 Å². The van der Waals surface area contributed by atoms with Crippen molar-refractivity contribution < 1.29 is 28.2 Å². The van der Waals surface area contributed by atoms with Gasteiger partial charge < -0.3 is 14.7 Å². The SMILES string of the molecule is CN(Cc1ccc(OC(F)F)cc1)C(=O)C1CCC(C(=O)O)CC1. The highest BCUT2D eigenvalue weighted by atomic mass is 19.3. The van der Waals surface area contributed by atoms with Crippen molar-refractivity contribution in [3.8, 4) is 5.75 Å². The zero-order valence-corrected chi connectivity index (χ0v) is 13.5. The van der Waals surface area contributed by atoms with Crippen LogP contribution in [0.2, 0.25) is 0 Å². The van der Waals surface area contributed by atoms with Gasteiger partial charge in [0.2, 0.25) is 5.91 Å². The van der Waals surface area contributed by atoms with Gasteiger partial charge in [-0.2, -0.15) is 8.78 Å². The number of hydrogen-bond donors (Lipinski definition) is 1. The van der Waals surface area contributed by atoms with E-state index in [9.17, 15) is 18.4 Å². The van der Waals surface area contributed by atoms with Crippen LogP contribution in [0.15, 0.2) is 24.3 Å². The number of aliphatic carboxylic acids is 1. The fraction of sp³-hybridized carbons (Fsp3) is 0.529. The molecule has 0 aromatic heterocycles. The van der Waals surface area contributed by atoms with Crippen molar-refractivity contribution in [2.24, 2.45) is 11.8 Å². The lowest BCUT2D eigenvalue weighted by molar-refractivity contribution is -0.145. The largest absolute Gasteiger partial charge is 0.481 e. The molecule has 1 aliphatic rings. The summed E-state index contributed by atoms with van der Waals surface area (Å²) in [6.07, 6.45) is 2.22. The molecule has 5 nitrogen and oxygen atoms in total. The van der Waals surface area contributed by atoms with Gasteiger partial charge in [-0.25, -0.2) is 0 Å². The van der Waals surface area contributed by atoms with Crippen molar-refractivity contribution in [1.29, 1.82) is 0 Å². The number of carboxylic acids is 1. The summed E-state index contributed by atoms with van der Waals surface area (Å²) in [6, 6.07) is 6.17. The number of alkyl halides is 2. The molecule has 0 saturated heterocycles. The molecule has 1 aromatic carbocycles. The predicted octanol–water partition coefficient (Wildman–Crippen LogP) is 3.14. The van der Waals surface area contributed by atoms with Gasteiger partial charge in [-0.15, -0.1) is 0 Å². The molecule has 0 heterocycles. The van der Waals surface area contributed by atoms with Gasteiger partial charge in [0.25, 0.3) is 0 Å². The first kappa shape index (κ1) is 18.2. The highest BCUT2D eigenvalue weighted by Crippen LogP contribution is 2.30. The van der Waals surface area contributed by atoms with Gasteiger partial charge in [0.1, 0.15) is 5.75 Å². The van der Waals surface area contributed by atoms with E-state index in [4.69, 9.17) is 5.11 Å². The molecule has 1 N–H and O–H groups in total. The van der Waals surface area contributed by atoms with Crippen LogP contribution < -0.4 is 4.74 Å². The Morgan fingerprint density at radius 3 is 2.21 bits per heavy atom. The molecule has 1 aliphatic carbocycles. The molecule has 24 heavy (non-hydrogen) atoms. The van der Waals surface area contributed by atoms with Crippen LogP contribution in [0, 0.1) is 11.8 Å². The molecule has 0 spiro atoms. The highest BCUT2D eigenvalue weighted by Gasteiger charge is 2.31. The third kappa shape index (κ3) is 4.91. The van der Waals surface area contributed by atoms with E-state index in [-0.39, 0.29) is 23.5 Å².